The van der Waals surface area contributed by atoms with Gasteiger partial charge in [0, 0.05) is 13.1 Å². The third kappa shape index (κ3) is 4.33. The number of carbonyl (C=O) groups excluding carboxylic acids is 1. The van der Waals surface area contributed by atoms with Crippen LogP contribution in [-0.2, 0) is 4.74 Å². The molecule has 0 bridgehead atoms. The van der Waals surface area contributed by atoms with E-state index >= 15 is 0 Å². The van der Waals surface area contributed by atoms with Crippen LogP contribution in [0.1, 0.15) is 27.7 Å². The van der Waals surface area contributed by atoms with Crippen LogP contribution < -0.4 is 14.4 Å². The minimum atomic E-state index is -0.397. The molecule has 1 amide bonds. The third-order valence-electron chi connectivity index (χ3n) is 2.52. The SMILES string of the molecule is CCOc1ccc(N(C)C(=O)OC(C)C)cc1OCC. The van der Waals surface area contributed by atoms with Crippen LogP contribution in [-0.4, -0.2) is 32.5 Å². The van der Waals surface area contributed by atoms with Gasteiger partial charge in [-0.3, -0.25) is 4.90 Å². The average Bonchev–Trinajstić information content (AvgIpc) is 2.39. The molecule has 5 heteroatoms. The second kappa shape index (κ2) is 7.62. The van der Waals surface area contributed by atoms with Crippen molar-refractivity contribution in [1.29, 1.82) is 0 Å². The Hall–Kier alpha value is -1.91. The Kier molecular flexibility index (Phi) is 6.15. The van der Waals surface area contributed by atoms with E-state index in [-0.39, 0.29) is 6.10 Å². The smallest absolute Gasteiger partial charge is 0.414 e. The van der Waals surface area contributed by atoms with E-state index in [1.807, 2.05) is 27.7 Å². The van der Waals surface area contributed by atoms with Crippen LogP contribution in [0, 0.1) is 0 Å². The molecular formula is C15H23NO4. The highest BCUT2D eigenvalue weighted by Crippen LogP contribution is 2.32. The molecule has 0 aromatic heterocycles. The molecule has 0 radical (unpaired) electrons. The van der Waals surface area contributed by atoms with Crippen LogP contribution in [0.15, 0.2) is 18.2 Å². The Balaban J connectivity index is 2.95. The zero-order chi connectivity index (χ0) is 15.1. The molecule has 0 aliphatic carbocycles. The van der Waals surface area contributed by atoms with E-state index in [9.17, 15) is 4.79 Å². The fourth-order valence-electron chi connectivity index (χ4n) is 1.63. The first-order valence-electron chi connectivity index (χ1n) is 6.83. The Morgan fingerprint density at radius 1 is 1.15 bits per heavy atom. The molecule has 0 saturated carbocycles. The summed E-state index contributed by atoms with van der Waals surface area (Å²) in [5.41, 5.74) is 0.697. The summed E-state index contributed by atoms with van der Waals surface area (Å²) in [6, 6.07) is 5.37. The minimum absolute atomic E-state index is 0.154. The molecular weight excluding hydrogens is 258 g/mol. The lowest BCUT2D eigenvalue weighted by Gasteiger charge is -2.20. The van der Waals surface area contributed by atoms with E-state index in [1.54, 1.807) is 25.2 Å². The molecule has 0 heterocycles. The summed E-state index contributed by atoms with van der Waals surface area (Å²) in [5, 5.41) is 0. The van der Waals surface area contributed by atoms with Gasteiger partial charge in [-0.2, -0.15) is 0 Å². The van der Waals surface area contributed by atoms with Gasteiger partial charge in [0.2, 0.25) is 0 Å². The van der Waals surface area contributed by atoms with Crippen molar-refractivity contribution in [3.05, 3.63) is 18.2 Å². The van der Waals surface area contributed by atoms with Gasteiger partial charge in [-0.15, -0.1) is 0 Å². The fourth-order valence-corrected chi connectivity index (χ4v) is 1.63. The normalized spacial score (nSPS) is 10.3. The summed E-state index contributed by atoms with van der Waals surface area (Å²) in [6.07, 6.45) is -0.550. The minimum Gasteiger partial charge on any atom is -0.490 e. The van der Waals surface area contributed by atoms with Crippen molar-refractivity contribution in [3.8, 4) is 11.5 Å². The first-order valence-corrected chi connectivity index (χ1v) is 6.83. The Morgan fingerprint density at radius 2 is 1.75 bits per heavy atom. The van der Waals surface area contributed by atoms with Gasteiger partial charge < -0.3 is 14.2 Å². The molecule has 0 unspecified atom stereocenters. The number of rotatable bonds is 6. The predicted octanol–water partition coefficient (Wildman–Crippen LogP) is 3.47. The van der Waals surface area contributed by atoms with Gasteiger partial charge in [0.25, 0.3) is 0 Å². The summed E-state index contributed by atoms with van der Waals surface area (Å²) in [5.74, 6) is 1.29. The van der Waals surface area contributed by atoms with Crippen LogP contribution in [0.25, 0.3) is 0 Å². The molecule has 1 aromatic carbocycles. The number of nitrogens with zero attached hydrogens (tertiary/aromatic N) is 1. The summed E-state index contributed by atoms with van der Waals surface area (Å²) >= 11 is 0. The zero-order valence-electron chi connectivity index (χ0n) is 12.8. The lowest BCUT2D eigenvalue weighted by Crippen LogP contribution is -2.29. The highest BCUT2D eigenvalue weighted by atomic mass is 16.6. The van der Waals surface area contributed by atoms with Crippen molar-refractivity contribution < 1.29 is 19.0 Å². The van der Waals surface area contributed by atoms with Gasteiger partial charge in [0.15, 0.2) is 11.5 Å². The molecule has 0 saturated heterocycles. The van der Waals surface area contributed by atoms with Crippen LogP contribution in [0.3, 0.4) is 0 Å². The topological polar surface area (TPSA) is 48.0 Å². The van der Waals surface area contributed by atoms with Crippen molar-refractivity contribution in [1.82, 2.24) is 0 Å². The Bertz CT molecular complexity index is 445. The number of amides is 1. The molecule has 112 valence electrons. The maximum atomic E-state index is 11.9. The van der Waals surface area contributed by atoms with E-state index in [0.29, 0.717) is 30.4 Å². The standard InChI is InChI=1S/C15H23NO4/c1-6-18-13-9-8-12(10-14(13)19-7-2)16(5)15(17)20-11(3)4/h8-11H,6-7H2,1-5H3. The van der Waals surface area contributed by atoms with Crippen LogP contribution in [0.2, 0.25) is 0 Å². The molecule has 1 rings (SSSR count). The van der Waals surface area contributed by atoms with Crippen LogP contribution in [0.4, 0.5) is 10.5 Å². The van der Waals surface area contributed by atoms with E-state index < -0.39 is 6.09 Å². The second-order valence-corrected chi connectivity index (χ2v) is 4.49. The van der Waals surface area contributed by atoms with E-state index in [4.69, 9.17) is 14.2 Å². The maximum Gasteiger partial charge on any atom is 0.414 e. The second-order valence-electron chi connectivity index (χ2n) is 4.49. The monoisotopic (exact) mass is 281 g/mol. The van der Waals surface area contributed by atoms with Gasteiger partial charge in [0.05, 0.1) is 25.0 Å². The molecule has 0 fully saturated rings. The van der Waals surface area contributed by atoms with Crippen LogP contribution in [0.5, 0.6) is 11.5 Å². The van der Waals surface area contributed by atoms with E-state index in [1.165, 1.54) is 4.90 Å². The van der Waals surface area contributed by atoms with Gasteiger partial charge >= 0.3 is 6.09 Å². The first kappa shape index (κ1) is 16.1. The lowest BCUT2D eigenvalue weighted by atomic mass is 10.2. The predicted molar refractivity (Wildman–Crippen MR) is 78.8 cm³/mol. The van der Waals surface area contributed by atoms with Crippen LogP contribution >= 0.6 is 0 Å². The highest BCUT2D eigenvalue weighted by Gasteiger charge is 2.16. The number of carbonyl (C=O) groups is 1. The Morgan fingerprint density at radius 3 is 2.30 bits per heavy atom. The fraction of sp³-hybridized carbons (Fsp3) is 0.533. The lowest BCUT2D eigenvalue weighted by molar-refractivity contribution is 0.124. The van der Waals surface area contributed by atoms with Crippen molar-refractivity contribution >= 4 is 11.8 Å². The molecule has 1 aromatic rings. The van der Waals surface area contributed by atoms with E-state index in [2.05, 4.69) is 0 Å². The number of benzene rings is 1. The van der Waals surface area contributed by atoms with Crippen molar-refractivity contribution in [2.45, 2.75) is 33.8 Å². The molecule has 20 heavy (non-hydrogen) atoms. The first-order chi connectivity index (χ1) is 9.49. The molecule has 0 aliphatic rings. The highest BCUT2D eigenvalue weighted by molar-refractivity contribution is 5.87. The average molecular weight is 281 g/mol. The molecule has 0 spiro atoms. The largest absolute Gasteiger partial charge is 0.490 e. The van der Waals surface area contributed by atoms with Gasteiger partial charge in [-0.25, -0.2) is 4.79 Å². The van der Waals surface area contributed by atoms with Gasteiger partial charge in [-0.1, -0.05) is 0 Å². The molecule has 5 nitrogen and oxygen atoms in total. The summed E-state index contributed by atoms with van der Waals surface area (Å²) in [4.78, 5) is 13.3. The summed E-state index contributed by atoms with van der Waals surface area (Å²) in [6.45, 7) is 8.54. The molecule has 0 aliphatic heterocycles. The van der Waals surface area contributed by atoms with Gasteiger partial charge in [-0.05, 0) is 39.8 Å². The quantitative estimate of drug-likeness (QED) is 0.801. The summed E-state index contributed by atoms with van der Waals surface area (Å²) < 4.78 is 16.2. The third-order valence-corrected chi connectivity index (χ3v) is 2.52. The Labute approximate surface area is 120 Å². The van der Waals surface area contributed by atoms with Crippen molar-refractivity contribution in [3.63, 3.8) is 0 Å². The number of anilines is 1. The van der Waals surface area contributed by atoms with E-state index in [0.717, 1.165) is 0 Å². The maximum absolute atomic E-state index is 11.9. The zero-order valence-corrected chi connectivity index (χ0v) is 12.8. The molecule has 0 N–H and O–H groups in total. The molecule has 0 atom stereocenters. The van der Waals surface area contributed by atoms with Gasteiger partial charge in [0.1, 0.15) is 0 Å². The number of ether oxygens (including phenoxy) is 3. The van der Waals surface area contributed by atoms with Crippen molar-refractivity contribution in [2.24, 2.45) is 0 Å². The number of hydrogen-bond acceptors (Lipinski definition) is 4. The van der Waals surface area contributed by atoms with Crippen molar-refractivity contribution in [2.75, 3.05) is 25.2 Å². The summed E-state index contributed by atoms with van der Waals surface area (Å²) in [7, 11) is 1.66. The number of hydrogen-bond donors (Lipinski definition) is 0.